The Morgan fingerprint density at radius 2 is 1.29 bits per heavy atom. The Labute approximate surface area is 99.8 Å². The van der Waals surface area contributed by atoms with Crippen LogP contribution in [-0.4, -0.2) is 45.1 Å². The molecule has 0 bridgehead atoms. The highest BCUT2D eigenvalue weighted by Crippen LogP contribution is 1.93. The molecule has 0 fully saturated rings. The molecule has 0 spiro atoms. The number of ether oxygens (including phenoxy) is 2. The molecule has 7 heteroatoms. The molecule has 0 unspecified atom stereocenters. The van der Waals surface area contributed by atoms with E-state index < -0.39 is 21.8 Å². The summed E-state index contributed by atoms with van der Waals surface area (Å²) >= 11 is 0. The molecule has 0 rings (SSSR count). The second kappa shape index (κ2) is 7.61. The van der Waals surface area contributed by atoms with Crippen LogP contribution in [0.4, 0.5) is 0 Å². The average Bonchev–Trinajstić information content (AvgIpc) is 2.27. The molecule has 0 saturated carbocycles. The van der Waals surface area contributed by atoms with Gasteiger partial charge >= 0.3 is 11.9 Å². The molecule has 0 radical (unpaired) electrons. The van der Waals surface area contributed by atoms with Crippen LogP contribution in [-0.2, 0) is 28.9 Å². The van der Waals surface area contributed by atoms with E-state index in [1.165, 1.54) is 0 Å². The van der Waals surface area contributed by atoms with Crippen molar-refractivity contribution < 1.29 is 27.5 Å². The van der Waals surface area contributed by atoms with Gasteiger partial charge in [-0.25, -0.2) is 18.0 Å². The van der Waals surface area contributed by atoms with Crippen molar-refractivity contribution in [1.82, 2.24) is 0 Å². The minimum Gasteiger partial charge on any atom is -0.461 e. The Morgan fingerprint density at radius 1 is 0.941 bits per heavy atom. The SMILES string of the molecule is C=CC(=O)OCCS(=O)(=O)CCOC(=O)C=C. The smallest absolute Gasteiger partial charge is 0.330 e. The van der Waals surface area contributed by atoms with Gasteiger partial charge in [-0.1, -0.05) is 13.2 Å². The molecule has 17 heavy (non-hydrogen) atoms. The maximum atomic E-state index is 11.3. The molecule has 0 aromatic carbocycles. The molecule has 6 nitrogen and oxygen atoms in total. The molecule has 0 heterocycles. The van der Waals surface area contributed by atoms with Crippen molar-refractivity contribution in [1.29, 1.82) is 0 Å². The minimum absolute atomic E-state index is 0.247. The summed E-state index contributed by atoms with van der Waals surface area (Å²) in [6.45, 7) is 5.83. The summed E-state index contributed by atoms with van der Waals surface area (Å²) < 4.78 is 31.7. The molecule has 0 amide bonds. The summed E-state index contributed by atoms with van der Waals surface area (Å²) in [6.07, 6.45) is 1.89. The van der Waals surface area contributed by atoms with E-state index in [1.807, 2.05) is 0 Å². The quantitative estimate of drug-likeness (QED) is 0.447. The number of esters is 2. The number of hydrogen-bond acceptors (Lipinski definition) is 6. The predicted octanol–water partition coefficient (Wildman–Crippen LogP) is -0.140. The van der Waals surface area contributed by atoms with Crippen LogP contribution in [0.25, 0.3) is 0 Å². The van der Waals surface area contributed by atoms with Crippen LogP contribution >= 0.6 is 0 Å². The molecule has 0 aliphatic rings. The van der Waals surface area contributed by atoms with Crippen LogP contribution < -0.4 is 0 Å². The third-order valence-electron chi connectivity index (χ3n) is 1.61. The monoisotopic (exact) mass is 262 g/mol. The van der Waals surface area contributed by atoms with E-state index in [0.717, 1.165) is 12.2 Å². The molecule has 0 atom stereocenters. The van der Waals surface area contributed by atoms with Gasteiger partial charge < -0.3 is 9.47 Å². The average molecular weight is 262 g/mol. The lowest BCUT2D eigenvalue weighted by molar-refractivity contribution is -0.137. The Balaban J connectivity index is 3.88. The number of hydrogen-bond donors (Lipinski definition) is 0. The van der Waals surface area contributed by atoms with Crippen LogP contribution in [0.2, 0.25) is 0 Å². The van der Waals surface area contributed by atoms with Gasteiger partial charge in [-0.05, 0) is 0 Å². The van der Waals surface area contributed by atoms with E-state index in [2.05, 4.69) is 22.6 Å². The first-order chi connectivity index (χ1) is 7.91. The van der Waals surface area contributed by atoms with Gasteiger partial charge in [0.15, 0.2) is 9.84 Å². The fraction of sp³-hybridized carbons (Fsp3) is 0.400. The first kappa shape index (κ1) is 15.4. The van der Waals surface area contributed by atoms with Crippen molar-refractivity contribution in [2.75, 3.05) is 24.7 Å². The molecule has 0 aliphatic heterocycles. The highest BCUT2D eigenvalue weighted by atomic mass is 32.2. The molecule has 96 valence electrons. The molecule has 0 N–H and O–H groups in total. The number of rotatable bonds is 8. The zero-order chi connectivity index (χ0) is 13.3. The topological polar surface area (TPSA) is 86.7 Å². The van der Waals surface area contributed by atoms with Crippen LogP contribution in [0, 0.1) is 0 Å². The zero-order valence-corrected chi connectivity index (χ0v) is 10.1. The van der Waals surface area contributed by atoms with Gasteiger partial charge in [-0.2, -0.15) is 0 Å². The largest absolute Gasteiger partial charge is 0.461 e. The normalized spacial score (nSPS) is 10.4. The van der Waals surface area contributed by atoms with Gasteiger partial charge in [-0.15, -0.1) is 0 Å². The third kappa shape index (κ3) is 8.21. The molecule has 0 saturated heterocycles. The van der Waals surface area contributed by atoms with Crippen LogP contribution in [0.5, 0.6) is 0 Å². The van der Waals surface area contributed by atoms with E-state index >= 15 is 0 Å². The van der Waals surface area contributed by atoms with E-state index in [0.29, 0.717) is 0 Å². The summed E-state index contributed by atoms with van der Waals surface area (Å²) in [5.74, 6) is -2.01. The van der Waals surface area contributed by atoms with Gasteiger partial charge in [0.2, 0.25) is 0 Å². The Bertz CT molecular complexity index is 363. The highest BCUT2D eigenvalue weighted by molar-refractivity contribution is 7.91. The van der Waals surface area contributed by atoms with Gasteiger partial charge in [0.25, 0.3) is 0 Å². The number of sulfone groups is 1. The molecule has 0 aromatic heterocycles. The molecular weight excluding hydrogens is 248 g/mol. The maximum Gasteiger partial charge on any atom is 0.330 e. The van der Waals surface area contributed by atoms with Crippen molar-refractivity contribution in [3.63, 3.8) is 0 Å². The Hall–Kier alpha value is -1.63. The van der Waals surface area contributed by atoms with E-state index in [4.69, 9.17) is 0 Å². The summed E-state index contributed by atoms with van der Waals surface area (Å²) in [4.78, 5) is 21.2. The van der Waals surface area contributed by atoms with E-state index in [-0.39, 0.29) is 24.7 Å². The molecule has 0 aliphatic carbocycles. The third-order valence-corrected chi connectivity index (χ3v) is 3.19. The Morgan fingerprint density at radius 3 is 1.59 bits per heavy atom. The van der Waals surface area contributed by atoms with Gasteiger partial charge in [0.05, 0.1) is 11.5 Å². The Kier molecular flexibility index (Phi) is 6.88. The van der Waals surface area contributed by atoms with Crippen molar-refractivity contribution in [2.45, 2.75) is 0 Å². The van der Waals surface area contributed by atoms with Crippen molar-refractivity contribution in [2.24, 2.45) is 0 Å². The lowest BCUT2D eigenvalue weighted by Crippen LogP contribution is -2.20. The van der Waals surface area contributed by atoms with Crippen LogP contribution in [0.1, 0.15) is 0 Å². The summed E-state index contributed by atoms with van der Waals surface area (Å²) in [7, 11) is -3.41. The zero-order valence-electron chi connectivity index (χ0n) is 9.26. The molecule has 0 aromatic rings. The first-order valence-corrected chi connectivity index (χ1v) is 6.52. The number of carbonyl (C=O) groups is 2. The summed E-state index contributed by atoms with van der Waals surface area (Å²) in [5.41, 5.74) is 0. The van der Waals surface area contributed by atoms with E-state index in [9.17, 15) is 18.0 Å². The fourth-order valence-corrected chi connectivity index (χ4v) is 1.64. The second-order valence-corrected chi connectivity index (χ2v) is 5.20. The summed E-state index contributed by atoms with van der Waals surface area (Å²) in [6, 6.07) is 0. The fourth-order valence-electron chi connectivity index (χ4n) is 0.758. The lowest BCUT2D eigenvalue weighted by atomic mass is 10.6. The van der Waals surface area contributed by atoms with Crippen molar-refractivity contribution in [3.8, 4) is 0 Å². The van der Waals surface area contributed by atoms with Crippen LogP contribution in [0.3, 0.4) is 0 Å². The maximum absolute atomic E-state index is 11.3. The standard InChI is InChI=1S/C10H14O6S/c1-3-9(11)15-5-7-17(13,14)8-6-16-10(12)4-2/h3-4H,1-2,5-8H2. The van der Waals surface area contributed by atoms with Gasteiger partial charge in [0, 0.05) is 12.2 Å². The van der Waals surface area contributed by atoms with Crippen molar-refractivity contribution >= 4 is 21.8 Å². The van der Waals surface area contributed by atoms with Crippen LogP contribution in [0.15, 0.2) is 25.3 Å². The van der Waals surface area contributed by atoms with Gasteiger partial charge in [-0.3, -0.25) is 0 Å². The second-order valence-electron chi connectivity index (χ2n) is 2.90. The molecular formula is C10H14O6S. The first-order valence-electron chi connectivity index (χ1n) is 4.70. The van der Waals surface area contributed by atoms with E-state index in [1.54, 1.807) is 0 Å². The lowest BCUT2D eigenvalue weighted by Gasteiger charge is -2.05. The van der Waals surface area contributed by atoms with Gasteiger partial charge in [0.1, 0.15) is 13.2 Å². The predicted molar refractivity (Wildman–Crippen MR) is 61.0 cm³/mol. The minimum atomic E-state index is -3.41. The van der Waals surface area contributed by atoms with Crippen molar-refractivity contribution in [3.05, 3.63) is 25.3 Å². The summed E-state index contributed by atoms with van der Waals surface area (Å²) in [5, 5.41) is 0. The highest BCUT2D eigenvalue weighted by Gasteiger charge is 2.12. The number of carbonyl (C=O) groups excluding carboxylic acids is 2.